The molecule has 0 unspecified atom stereocenters. The number of aromatic amines is 1. The van der Waals surface area contributed by atoms with E-state index in [9.17, 15) is 9.59 Å². The van der Waals surface area contributed by atoms with Crippen LogP contribution in [0.15, 0.2) is 10.9 Å². The molecule has 0 saturated carbocycles. The molecule has 1 amide bonds. The minimum absolute atomic E-state index is 0.0146. The summed E-state index contributed by atoms with van der Waals surface area (Å²) in [4.78, 5) is 35.2. The summed E-state index contributed by atoms with van der Waals surface area (Å²) in [6, 6.07) is 1.90. The lowest BCUT2D eigenvalue weighted by molar-refractivity contribution is 0.0691. The van der Waals surface area contributed by atoms with Crippen LogP contribution in [0.25, 0.3) is 5.78 Å². The number of hydrogen-bond donors (Lipinski definition) is 1. The Bertz CT molecular complexity index is 1060. The van der Waals surface area contributed by atoms with E-state index in [0.29, 0.717) is 31.2 Å². The predicted octanol–water partition coefficient (Wildman–Crippen LogP) is 0.666. The molecule has 10 heteroatoms. The highest BCUT2D eigenvalue weighted by atomic mass is 16.2. The summed E-state index contributed by atoms with van der Waals surface area (Å²) < 4.78 is 3.21. The molecule has 1 fully saturated rings. The zero-order valence-corrected chi connectivity index (χ0v) is 15.6. The van der Waals surface area contributed by atoms with Gasteiger partial charge >= 0.3 is 5.69 Å². The second-order valence-electron chi connectivity index (χ2n) is 6.91. The average molecular weight is 370 g/mol. The Hall–Kier alpha value is -3.04. The van der Waals surface area contributed by atoms with Crippen molar-refractivity contribution in [3.8, 4) is 0 Å². The van der Waals surface area contributed by atoms with Gasteiger partial charge in [-0.05, 0) is 39.7 Å². The fourth-order valence-corrected chi connectivity index (χ4v) is 3.72. The lowest BCUT2D eigenvalue weighted by atomic mass is 9.97. The molecule has 0 spiro atoms. The first-order valence-corrected chi connectivity index (χ1v) is 9.13. The summed E-state index contributed by atoms with van der Waals surface area (Å²) in [7, 11) is 0. The number of rotatable bonds is 3. The van der Waals surface area contributed by atoms with Crippen LogP contribution in [0.3, 0.4) is 0 Å². The smallest absolute Gasteiger partial charge is 0.335 e. The number of aryl methyl sites for hydroxylation is 2. The van der Waals surface area contributed by atoms with Gasteiger partial charge in [0, 0.05) is 36.9 Å². The van der Waals surface area contributed by atoms with Crippen molar-refractivity contribution in [2.45, 2.75) is 46.1 Å². The van der Waals surface area contributed by atoms with E-state index in [0.717, 1.165) is 24.2 Å². The van der Waals surface area contributed by atoms with Gasteiger partial charge in [0.2, 0.25) is 5.82 Å². The molecule has 10 nitrogen and oxygen atoms in total. The van der Waals surface area contributed by atoms with Gasteiger partial charge in [0.05, 0.1) is 0 Å². The number of amides is 1. The van der Waals surface area contributed by atoms with Crippen LogP contribution in [0.5, 0.6) is 0 Å². The van der Waals surface area contributed by atoms with Crippen LogP contribution in [-0.4, -0.2) is 58.2 Å². The van der Waals surface area contributed by atoms with Crippen molar-refractivity contribution in [2.75, 3.05) is 13.1 Å². The van der Waals surface area contributed by atoms with Crippen molar-refractivity contribution in [1.82, 2.24) is 39.2 Å². The maximum Gasteiger partial charge on any atom is 0.343 e. The molecule has 1 saturated heterocycles. The molecule has 0 aromatic carbocycles. The van der Waals surface area contributed by atoms with Gasteiger partial charge in [0.1, 0.15) is 5.82 Å². The summed E-state index contributed by atoms with van der Waals surface area (Å²) in [5.41, 5.74) is 1.50. The molecular weight excluding hydrogens is 348 g/mol. The van der Waals surface area contributed by atoms with Crippen LogP contribution in [0.4, 0.5) is 0 Å². The van der Waals surface area contributed by atoms with Crippen molar-refractivity contribution in [3.05, 3.63) is 39.6 Å². The van der Waals surface area contributed by atoms with Gasteiger partial charge in [-0.1, -0.05) is 0 Å². The van der Waals surface area contributed by atoms with Crippen molar-refractivity contribution in [1.29, 1.82) is 0 Å². The van der Waals surface area contributed by atoms with Gasteiger partial charge in [-0.25, -0.2) is 19.4 Å². The van der Waals surface area contributed by atoms with Crippen molar-refractivity contribution in [2.24, 2.45) is 0 Å². The highest BCUT2D eigenvalue weighted by Gasteiger charge is 2.30. The standard InChI is InChI=1S/C17H22N8O2/c1-4-24-14(20-21-17(24)27)12-6-5-7-23(9-12)15(26)13-19-16-18-10(2)8-11(3)25(16)22-13/h8,12H,4-7,9H2,1-3H3,(H,21,27)/t12-/m1/s1. The van der Waals surface area contributed by atoms with E-state index in [-0.39, 0.29) is 23.3 Å². The lowest BCUT2D eigenvalue weighted by Crippen LogP contribution is -2.40. The Balaban J connectivity index is 1.60. The van der Waals surface area contributed by atoms with E-state index in [1.54, 1.807) is 14.0 Å². The molecule has 1 atom stereocenters. The molecule has 0 bridgehead atoms. The monoisotopic (exact) mass is 370 g/mol. The Morgan fingerprint density at radius 2 is 2.15 bits per heavy atom. The second-order valence-corrected chi connectivity index (χ2v) is 6.91. The molecule has 1 aliphatic heterocycles. The van der Waals surface area contributed by atoms with E-state index >= 15 is 0 Å². The highest BCUT2D eigenvalue weighted by Crippen LogP contribution is 2.25. The third-order valence-corrected chi connectivity index (χ3v) is 4.99. The van der Waals surface area contributed by atoms with Gasteiger partial charge < -0.3 is 4.90 Å². The van der Waals surface area contributed by atoms with E-state index in [4.69, 9.17) is 0 Å². The van der Waals surface area contributed by atoms with Gasteiger partial charge in [0.25, 0.3) is 11.7 Å². The van der Waals surface area contributed by atoms with Gasteiger partial charge in [-0.3, -0.25) is 9.36 Å². The second kappa shape index (κ2) is 6.60. The number of hydrogen-bond acceptors (Lipinski definition) is 6. The summed E-state index contributed by atoms with van der Waals surface area (Å²) in [6.07, 6.45) is 1.72. The Labute approximate surface area is 155 Å². The zero-order chi connectivity index (χ0) is 19.1. The molecule has 1 N–H and O–H groups in total. The number of nitrogens with zero attached hydrogens (tertiary/aromatic N) is 7. The zero-order valence-electron chi connectivity index (χ0n) is 15.6. The molecule has 142 valence electrons. The number of carbonyl (C=O) groups excluding carboxylic acids is 1. The maximum atomic E-state index is 13.0. The molecule has 3 aromatic heterocycles. The summed E-state index contributed by atoms with van der Waals surface area (Å²) in [6.45, 7) is 7.37. The molecule has 4 heterocycles. The topological polar surface area (TPSA) is 114 Å². The molecule has 0 aliphatic carbocycles. The van der Waals surface area contributed by atoms with Crippen molar-refractivity contribution in [3.63, 3.8) is 0 Å². The van der Waals surface area contributed by atoms with E-state index in [2.05, 4.69) is 25.3 Å². The van der Waals surface area contributed by atoms with Crippen LogP contribution in [0.1, 0.15) is 53.5 Å². The molecule has 0 radical (unpaired) electrons. The number of H-pyrrole nitrogens is 1. The average Bonchev–Trinajstić information content (AvgIpc) is 3.24. The third kappa shape index (κ3) is 3.00. The molecule has 4 rings (SSSR count). The number of likely N-dealkylation sites (tertiary alicyclic amines) is 1. The minimum Gasteiger partial charge on any atom is -0.335 e. The fraction of sp³-hybridized carbons (Fsp3) is 0.529. The Kier molecular flexibility index (Phi) is 4.25. The van der Waals surface area contributed by atoms with Crippen LogP contribution in [0, 0.1) is 13.8 Å². The Morgan fingerprint density at radius 1 is 1.33 bits per heavy atom. The quantitative estimate of drug-likeness (QED) is 0.725. The van der Waals surface area contributed by atoms with E-state index < -0.39 is 0 Å². The van der Waals surface area contributed by atoms with Crippen LogP contribution in [-0.2, 0) is 6.54 Å². The number of piperidine rings is 1. The van der Waals surface area contributed by atoms with Crippen molar-refractivity contribution < 1.29 is 4.79 Å². The largest absolute Gasteiger partial charge is 0.343 e. The van der Waals surface area contributed by atoms with Crippen LogP contribution in [0.2, 0.25) is 0 Å². The van der Waals surface area contributed by atoms with Gasteiger partial charge in [0.15, 0.2) is 0 Å². The molecule has 3 aromatic rings. The van der Waals surface area contributed by atoms with E-state index in [1.807, 2.05) is 26.8 Å². The van der Waals surface area contributed by atoms with Crippen molar-refractivity contribution >= 4 is 11.7 Å². The molecule has 1 aliphatic rings. The Morgan fingerprint density at radius 3 is 2.93 bits per heavy atom. The normalized spacial score (nSPS) is 17.6. The number of carbonyl (C=O) groups is 1. The lowest BCUT2D eigenvalue weighted by Gasteiger charge is -2.31. The van der Waals surface area contributed by atoms with Crippen LogP contribution >= 0.6 is 0 Å². The predicted molar refractivity (Wildman–Crippen MR) is 96.7 cm³/mol. The molecular formula is C17H22N8O2. The number of aromatic nitrogens is 7. The first-order valence-electron chi connectivity index (χ1n) is 9.13. The highest BCUT2D eigenvalue weighted by molar-refractivity contribution is 5.91. The van der Waals surface area contributed by atoms with E-state index in [1.165, 1.54) is 0 Å². The fourth-order valence-electron chi connectivity index (χ4n) is 3.72. The van der Waals surface area contributed by atoms with Gasteiger partial charge in [-0.2, -0.15) is 10.1 Å². The number of nitrogens with one attached hydrogen (secondary N) is 1. The summed E-state index contributed by atoms with van der Waals surface area (Å²) in [5.74, 6) is 1.07. The SMILES string of the molecule is CCn1c([C@@H]2CCCN(C(=O)c3nc4nc(C)cc(C)n4n3)C2)n[nH]c1=O. The molecule has 27 heavy (non-hydrogen) atoms. The first-order chi connectivity index (χ1) is 13.0. The van der Waals surface area contributed by atoms with Gasteiger partial charge in [-0.15, -0.1) is 5.10 Å². The maximum absolute atomic E-state index is 13.0. The van der Waals surface area contributed by atoms with Crippen LogP contribution < -0.4 is 5.69 Å². The summed E-state index contributed by atoms with van der Waals surface area (Å²) in [5, 5.41) is 11.0. The summed E-state index contributed by atoms with van der Waals surface area (Å²) >= 11 is 0. The minimum atomic E-state index is -0.219. The third-order valence-electron chi connectivity index (χ3n) is 4.99. The number of fused-ring (bicyclic) bond motifs is 1. The first kappa shape index (κ1) is 17.4.